The highest BCUT2D eigenvalue weighted by molar-refractivity contribution is 5.76. The van der Waals surface area contributed by atoms with Crippen molar-refractivity contribution in [2.24, 2.45) is 0 Å². The lowest BCUT2D eigenvalue weighted by Gasteiger charge is -2.23. The molecule has 1 atom stereocenters. The van der Waals surface area contributed by atoms with Crippen LogP contribution in [0.25, 0.3) is 0 Å². The zero-order valence-corrected chi connectivity index (χ0v) is 12.9. The van der Waals surface area contributed by atoms with Crippen molar-refractivity contribution in [3.8, 4) is 0 Å². The van der Waals surface area contributed by atoms with E-state index in [9.17, 15) is 9.90 Å². The van der Waals surface area contributed by atoms with Gasteiger partial charge in [0.2, 0.25) is 5.91 Å². The van der Waals surface area contributed by atoms with Gasteiger partial charge in [0, 0.05) is 25.6 Å². The minimum Gasteiger partial charge on any atom is -0.389 e. The summed E-state index contributed by atoms with van der Waals surface area (Å²) >= 11 is 0. The molecule has 0 saturated heterocycles. The summed E-state index contributed by atoms with van der Waals surface area (Å²) in [6.07, 6.45) is 6.30. The Balaban J connectivity index is 1.96. The third-order valence-electron chi connectivity index (χ3n) is 3.43. The van der Waals surface area contributed by atoms with E-state index in [0.717, 1.165) is 12.8 Å². The quantitative estimate of drug-likeness (QED) is 0.557. The molecule has 0 aliphatic heterocycles. The molecule has 1 rings (SSSR count). The maximum atomic E-state index is 11.4. The van der Waals surface area contributed by atoms with Crippen LogP contribution in [0.1, 0.15) is 52.4 Å². The summed E-state index contributed by atoms with van der Waals surface area (Å²) in [5.74, 6) is 0.0421. The first kappa shape index (κ1) is 17.4. The van der Waals surface area contributed by atoms with Gasteiger partial charge in [-0.25, -0.2) is 0 Å². The molecule has 5 nitrogen and oxygen atoms in total. The van der Waals surface area contributed by atoms with Crippen molar-refractivity contribution in [2.75, 3.05) is 19.7 Å². The van der Waals surface area contributed by atoms with Crippen molar-refractivity contribution in [1.82, 2.24) is 10.6 Å². The molecule has 5 heteroatoms. The van der Waals surface area contributed by atoms with Gasteiger partial charge in [0.25, 0.3) is 0 Å². The van der Waals surface area contributed by atoms with Crippen LogP contribution < -0.4 is 10.6 Å². The number of amides is 1. The summed E-state index contributed by atoms with van der Waals surface area (Å²) in [5, 5.41) is 15.7. The fourth-order valence-electron chi connectivity index (χ4n) is 2.40. The number of rotatable bonds is 9. The normalized spacial score (nSPS) is 18.2. The Morgan fingerprint density at radius 3 is 2.65 bits per heavy atom. The molecule has 0 aromatic rings. The molecule has 1 aliphatic rings. The summed E-state index contributed by atoms with van der Waals surface area (Å²) in [4.78, 5) is 11.4. The summed E-state index contributed by atoms with van der Waals surface area (Å²) in [5.41, 5.74) is 0. The van der Waals surface area contributed by atoms with Crippen LogP contribution in [0.15, 0.2) is 0 Å². The van der Waals surface area contributed by atoms with Gasteiger partial charge in [0.15, 0.2) is 0 Å². The highest BCUT2D eigenvalue weighted by Crippen LogP contribution is 2.20. The van der Waals surface area contributed by atoms with Gasteiger partial charge in [0.05, 0.1) is 18.8 Å². The zero-order valence-electron chi connectivity index (χ0n) is 12.9. The van der Waals surface area contributed by atoms with Crippen LogP contribution in [0.2, 0.25) is 0 Å². The Hall–Kier alpha value is -0.650. The first-order chi connectivity index (χ1) is 9.58. The molecule has 20 heavy (non-hydrogen) atoms. The van der Waals surface area contributed by atoms with E-state index >= 15 is 0 Å². The molecule has 0 aromatic carbocycles. The fraction of sp³-hybridized carbons (Fsp3) is 0.933. The summed E-state index contributed by atoms with van der Waals surface area (Å²) in [6, 6.07) is 0.178. The molecule has 1 amide bonds. The number of carbonyl (C=O) groups excluding carboxylic acids is 1. The van der Waals surface area contributed by atoms with E-state index in [1.54, 1.807) is 0 Å². The summed E-state index contributed by atoms with van der Waals surface area (Å²) in [6.45, 7) is 5.33. The molecular weight excluding hydrogens is 256 g/mol. The lowest BCUT2D eigenvalue weighted by atomic mass is 9.98. The van der Waals surface area contributed by atoms with Crippen LogP contribution in [-0.2, 0) is 9.53 Å². The third kappa shape index (κ3) is 8.51. The predicted molar refractivity (Wildman–Crippen MR) is 79.6 cm³/mol. The molecule has 0 heterocycles. The van der Waals surface area contributed by atoms with Gasteiger partial charge in [0.1, 0.15) is 0 Å². The van der Waals surface area contributed by atoms with Crippen molar-refractivity contribution < 1.29 is 14.6 Å². The number of aliphatic hydroxyl groups excluding tert-OH is 1. The molecule has 0 bridgehead atoms. The number of nitrogens with one attached hydrogen (secondary N) is 2. The van der Waals surface area contributed by atoms with E-state index in [-0.39, 0.29) is 11.9 Å². The second-order valence-corrected chi connectivity index (χ2v) is 5.92. The first-order valence-electron chi connectivity index (χ1n) is 7.87. The van der Waals surface area contributed by atoms with Gasteiger partial charge in [-0.05, 0) is 26.7 Å². The maximum Gasteiger partial charge on any atom is 0.221 e. The Kier molecular flexibility index (Phi) is 8.82. The molecule has 1 fully saturated rings. The SMILES string of the molecule is CC(C)NC(=O)CCNCC(O)COC1CCCCC1. The van der Waals surface area contributed by atoms with Crippen LogP contribution in [0.4, 0.5) is 0 Å². The Labute approximate surface area is 122 Å². The largest absolute Gasteiger partial charge is 0.389 e. The Morgan fingerprint density at radius 1 is 1.30 bits per heavy atom. The van der Waals surface area contributed by atoms with Gasteiger partial charge in [-0.15, -0.1) is 0 Å². The lowest BCUT2D eigenvalue weighted by molar-refractivity contribution is -0.121. The summed E-state index contributed by atoms with van der Waals surface area (Å²) < 4.78 is 5.71. The van der Waals surface area contributed by atoms with E-state index in [1.807, 2.05) is 13.8 Å². The smallest absolute Gasteiger partial charge is 0.221 e. The van der Waals surface area contributed by atoms with Crippen molar-refractivity contribution >= 4 is 5.91 Å². The molecule has 0 radical (unpaired) electrons. The van der Waals surface area contributed by atoms with Gasteiger partial charge in [-0.3, -0.25) is 4.79 Å². The van der Waals surface area contributed by atoms with Crippen molar-refractivity contribution in [1.29, 1.82) is 0 Å². The van der Waals surface area contributed by atoms with E-state index in [1.165, 1.54) is 19.3 Å². The van der Waals surface area contributed by atoms with Crippen molar-refractivity contribution in [3.63, 3.8) is 0 Å². The van der Waals surface area contributed by atoms with Crippen LogP contribution in [0, 0.1) is 0 Å². The van der Waals surface area contributed by atoms with Crippen LogP contribution in [0.3, 0.4) is 0 Å². The second-order valence-electron chi connectivity index (χ2n) is 5.92. The van der Waals surface area contributed by atoms with Gasteiger partial charge >= 0.3 is 0 Å². The summed E-state index contributed by atoms with van der Waals surface area (Å²) in [7, 11) is 0. The predicted octanol–water partition coefficient (Wildman–Crippen LogP) is 1.20. The van der Waals surface area contributed by atoms with Crippen LogP contribution >= 0.6 is 0 Å². The van der Waals surface area contributed by atoms with Crippen LogP contribution in [-0.4, -0.2) is 49.0 Å². The topological polar surface area (TPSA) is 70.6 Å². The minimum absolute atomic E-state index is 0.0421. The lowest BCUT2D eigenvalue weighted by Crippen LogP contribution is -2.36. The van der Waals surface area contributed by atoms with E-state index in [4.69, 9.17) is 4.74 Å². The molecule has 1 unspecified atom stereocenters. The zero-order chi connectivity index (χ0) is 14.8. The average molecular weight is 286 g/mol. The molecule has 0 aromatic heterocycles. The monoisotopic (exact) mass is 286 g/mol. The molecule has 1 aliphatic carbocycles. The Morgan fingerprint density at radius 2 is 2.00 bits per heavy atom. The van der Waals surface area contributed by atoms with Gasteiger partial charge in [-0.1, -0.05) is 19.3 Å². The number of ether oxygens (including phenoxy) is 1. The fourth-order valence-corrected chi connectivity index (χ4v) is 2.40. The van der Waals surface area contributed by atoms with E-state index in [0.29, 0.717) is 32.2 Å². The Bertz CT molecular complexity index is 266. The highest BCUT2D eigenvalue weighted by atomic mass is 16.5. The number of aliphatic hydroxyl groups is 1. The minimum atomic E-state index is -0.495. The molecule has 0 spiro atoms. The molecule has 118 valence electrons. The van der Waals surface area contributed by atoms with Crippen LogP contribution in [0.5, 0.6) is 0 Å². The number of hydrogen-bond acceptors (Lipinski definition) is 4. The standard InChI is InChI=1S/C15H30N2O3/c1-12(2)17-15(19)8-9-16-10-13(18)11-20-14-6-4-3-5-7-14/h12-14,16,18H,3-11H2,1-2H3,(H,17,19). The molecule has 3 N–H and O–H groups in total. The average Bonchev–Trinajstić information content (AvgIpc) is 2.42. The number of hydrogen-bond donors (Lipinski definition) is 3. The second kappa shape index (κ2) is 10.1. The number of carbonyl (C=O) groups is 1. The highest BCUT2D eigenvalue weighted by Gasteiger charge is 2.15. The maximum absolute atomic E-state index is 11.4. The molecular formula is C15H30N2O3. The van der Waals surface area contributed by atoms with Gasteiger partial charge in [-0.2, -0.15) is 0 Å². The first-order valence-corrected chi connectivity index (χ1v) is 7.87. The van der Waals surface area contributed by atoms with E-state index < -0.39 is 6.10 Å². The third-order valence-corrected chi connectivity index (χ3v) is 3.43. The van der Waals surface area contributed by atoms with Crippen molar-refractivity contribution in [3.05, 3.63) is 0 Å². The van der Waals surface area contributed by atoms with Gasteiger partial charge < -0.3 is 20.5 Å². The van der Waals surface area contributed by atoms with E-state index in [2.05, 4.69) is 10.6 Å². The molecule has 1 saturated carbocycles. The van der Waals surface area contributed by atoms with Crippen molar-refractivity contribution in [2.45, 2.75) is 70.6 Å².